The lowest BCUT2D eigenvalue weighted by molar-refractivity contribution is 0.00317. The molecule has 2 heteroatoms. The highest BCUT2D eigenvalue weighted by atomic mass is 16.7. The van der Waals surface area contributed by atoms with Gasteiger partial charge in [0.2, 0.25) is 0 Å². The van der Waals surface area contributed by atoms with Crippen molar-refractivity contribution in [3.8, 4) is 0 Å². The van der Waals surface area contributed by atoms with Gasteiger partial charge in [-0.3, -0.25) is 0 Å². The third-order valence-corrected chi connectivity index (χ3v) is 1.64. The van der Waals surface area contributed by atoms with Crippen LogP contribution in [-0.2, 0) is 9.47 Å². The van der Waals surface area contributed by atoms with E-state index < -0.39 is 0 Å². The van der Waals surface area contributed by atoms with E-state index in [1.165, 1.54) is 0 Å². The van der Waals surface area contributed by atoms with Crippen LogP contribution in [-0.4, -0.2) is 12.2 Å². The molecule has 2 nitrogen and oxygen atoms in total. The Kier molecular flexibility index (Phi) is 2.20. The molecule has 0 amide bonds. The number of hydrogen-bond donors (Lipinski definition) is 0. The van der Waals surface area contributed by atoms with Gasteiger partial charge in [0, 0.05) is 0 Å². The van der Waals surface area contributed by atoms with Gasteiger partial charge in [-0.05, 0) is 33.3 Å². The van der Waals surface area contributed by atoms with Crippen LogP contribution >= 0.6 is 0 Å². The summed E-state index contributed by atoms with van der Waals surface area (Å²) in [5.41, 5.74) is 0. The van der Waals surface area contributed by atoms with E-state index in [4.69, 9.17) is 9.47 Å². The van der Waals surface area contributed by atoms with Crippen molar-refractivity contribution in [3.05, 3.63) is 12.5 Å². The van der Waals surface area contributed by atoms with Crippen LogP contribution in [0.1, 0.15) is 26.7 Å². The lowest BCUT2D eigenvalue weighted by Gasteiger charge is -2.11. The van der Waals surface area contributed by atoms with Crippen LogP contribution in [0.3, 0.4) is 0 Å². The highest BCUT2D eigenvalue weighted by molar-refractivity contribution is 4.76. The average molecular weight is 142 g/mol. The van der Waals surface area contributed by atoms with Gasteiger partial charge in [-0.25, -0.2) is 0 Å². The van der Waals surface area contributed by atoms with Crippen molar-refractivity contribution in [1.82, 2.24) is 0 Å². The van der Waals surface area contributed by atoms with Gasteiger partial charge in [0.15, 0.2) is 0 Å². The number of rotatable bonds is 0. The van der Waals surface area contributed by atoms with Crippen LogP contribution in [0.4, 0.5) is 0 Å². The third-order valence-electron chi connectivity index (χ3n) is 1.64. The van der Waals surface area contributed by atoms with Crippen molar-refractivity contribution in [2.24, 2.45) is 0 Å². The van der Waals surface area contributed by atoms with Crippen molar-refractivity contribution in [2.45, 2.75) is 38.9 Å². The molecule has 58 valence electrons. The molecule has 1 saturated heterocycles. The normalized spacial score (nSPS) is 34.0. The second-order valence-corrected chi connectivity index (χ2v) is 2.81. The molecule has 0 N–H and O–H groups in total. The van der Waals surface area contributed by atoms with E-state index in [1.54, 1.807) is 0 Å². The first-order valence-corrected chi connectivity index (χ1v) is 3.70. The molecule has 0 bridgehead atoms. The summed E-state index contributed by atoms with van der Waals surface area (Å²) in [6, 6.07) is 0. The van der Waals surface area contributed by atoms with Crippen LogP contribution in [0.2, 0.25) is 0 Å². The second kappa shape index (κ2) is 2.95. The summed E-state index contributed by atoms with van der Waals surface area (Å²) in [5.74, 6) is 0.470. The zero-order chi connectivity index (χ0) is 7.56. The molecule has 2 atom stereocenters. The highest BCUT2D eigenvalue weighted by Gasteiger charge is 2.15. The number of hydrogen-bond acceptors (Lipinski definition) is 2. The van der Waals surface area contributed by atoms with E-state index in [2.05, 4.69) is 6.58 Å². The van der Waals surface area contributed by atoms with E-state index >= 15 is 0 Å². The van der Waals surface area contributed by atoms with Gasteiger partial charge in [0.05, 0.1) is 12.2 Å². The van der Waals surface area contributed by atoms with E-state index in [-0.39, 0.29) is 12.2 Å². The minimum absolute atomic E-state index is 0.262. The molecule has 1 aliphatic heterocycles. The Bertz CT molecular complexity index is 117. The van der Waals surface area contributed by atoms with Gasteiger partial charge in [-0.15, -0.1) is 0 Å². The van der Waals surface area contributed by atoms with E-state index in [1.807, 2.05) is 13.8 Å². The first-order chi connectivity index (χ1) is 4.68. The molecule has 10 heavy (non-hydrogen) atoms. The zero-order valence-electron chi connectivity index (χ0n) is 6.59. The van der Waals surface area contributed by atoms with Crippen molar-refractivity contribution >= 4 is 0 Å². The lowest BCUT2D eigenvalue weighted by Crippen LogP contribution is -2.03. The molecule has 0 aromatic carbocycles. The summed E-state index contributed by atoms with van der Waals surface area (Å²) in [5, 5.41) is 0. The smallest absolute Gasteiger partial charge is 0.272 e. The van der Waals surface area contributed by atoms with Gasteiger partial charge >= 0.3 is 0 Å². The Morgan fingerprint density at radius 1 is 1.20 bits per heavy atom. The van der Waals surface area contributed by atoms with Crippen molar-refractivity contribution in [1.29, 1.82) is 0 Å². The molecule has 0 unspecified atom stereocenters. The molecule has 0 aliphatic carbocycles. The maximum atomic E-state index is 5.26. The van der Waals surface area contributed by atoms with E-state index in [9.17, 15) is 0 Å². The fraction of sp³-hybridized carbons (Fsp3) is 0.750. The Balaban J connectivity index is 2.46. The molecule has 0 spiro atoms. The minimum atomic E-state index is 0.262. The Morgan fingerprint density at radius 3 is 2.00 bits per heavy atom. The molecule has 0 radical (unpaired) electrons. The molecule has 1 rings (SSSR count). The molecule has 1 fully saturated rings. The first kappa shape index (κ1) is 7.45. The summed E-state index contributed by atoms with van der Waals surface area (Å²) in [6.45, 7) is 7.70. The fourth-order valence-electron chi connectivity index (χ4n) is 1.06. The zero-order valence-corrected chi connectivity index (χ0v) is 6.59. The summed E-state index contributed by atoms with van der Waals surface area (Å²) < 4.78 is 10.5. The second-order valence-electron chi connectivity index (χ2n) is 2.81. The average Bonchev–Trinajstić information content (AvgIpc) is 1.93. The first-order valence-electron chi connectivity index (χ1n) is 3.70. The molecule has 1 aliphatic rings. The van der Waals surface area contributed by atoms with Crippen LogP contribution in [0.25, 0.3) is 0 Å². The summed E-state index contributed by atoms with van der Waals surface area (Å²) >= 11 is 0. The maximum absolute atomic E-state index is 5.26. The van der Waals surface area contributed by atoms with Crippen molar-refractivity contribution < 1.29 is 9.47 Å². The maximum Gasteiger partial charge on any atom is 0.272 e. The molecule has 1 heterocycles. The highest BCUT2D eigenvalue weighted by Crippen LogP contribution is 2.18. The van der Waals surface area contributed by atoms with E-state index in [0.29, 0.717) is 5.95 Å². The van der Waals surface area contributed by atoms with Gasteiger partial charge in [0.1, 0.15) is 0 Å². The Labute approximate surface area is 61.8 Å². The van der Waals surface area contributed by atoms with Crippen LogP contribution in [0, 0.1) is 0 Å². The minimum Gasteiger partial charge on any atom is -0.463 e. The summed E-state index contributed by atoms with van der Waals surface area (Å²) in [4.78, 5) is 0. The van der Waals surface area contributed by atoms with Crippen LogP contribution in [0.15, 0.2) is 12.5 Å². The van der Waals surface area contributed by atoms with E-state index in [0.717, 1.165) is 12.8 Å². The molecule has 0 aromatic rings. The fourth-order valence-corrected chi connectivity index (χ4v) is 1.06. The SMILES string of the molecule is C=C1O[C@@H](C)CC[C@H](C)O1. The van der Waals surface area contributed by atoms with Crippen molar-refractivity contribution in [2.75, 3.05) is 0 Å². The Hall–Kier alpha value is -0.660. The molecule has 0 saturated carbocycles. The lowest BCUT2D eigenvalue weighted by atomic mass is 10.1. The molecule has 0 aromatic heterocycles. The predicted molar refractivity (Wildman–Crippen MR) is 39.5 cm³/mol. The predicted octanol–water partition coefficient (Wildman–Crippen LogP) is 2.06. The quantitative estimate of drug-likeness (QED) is 0.515. The largest absolute Gasteiger partial charge is 0.463 e. The number of ether oxygens (including phenoxy) is 2. The monoisotopic (exact) mass is 142 g/mol. The summed E-state index contributed by atoms with van der Waals surface area (Å²) in [7, 11) is 0. The van der Waals surface area contributed by atoms with Gasteiger partial charge < -0.3 is 9.47 Å². The summed E-state index contributed by atoms with van der Waals surface area (Å²) in [6.07, 6.45) is 2.63. The topological polar surface area (TPSA) is 18.5 Å². The van der Waals surface area contributed by atoms with Crippen LogP contribution < -0.4 is 0 Å². The van der Waals surface area contributed by atoms with Gasteiger partial charge in [-0.1, -0.05) is 0 Å². The van der Waals surface area contributed by atoms with Gasteiger partial charge in [-0.2, -0.15) is 0 Å². The Morgan fingerprint density at radius 2 is 1.60 bits per heavy atom. The third kappa shape index (κ3) is 1.94. The standard InChI is InChI=1S/C8H14O2/c1-6-4-5-7(2)10-8(3)9-6/h6-7H,3-5H2,1-2H3/t6-,7-/m0/s1. The van der Waals surface area contributed by atoms with Gasteiger partial charge in [0.25, 0.3) is 5.95 Å². The van der Waals surface area contributed by atoms with Crippen molar-refractivity contribution in [3.63, 3.8) is 0 Å². The molecular formula is C8H14O2. The molecular weight excluding hydrogens is 128 g/mol. The van der Waals surface area contributed by atoms with Crippen LogP contribution in [0.5, 0.6) is 0 Å².